The van der Waals surface area contributed by atoms with Crippen molar-refractivity contribution in [3.8, 4) is 10.6 Å². The Hall–Kier alpha value is -3.53. The maximum absolute atomic E-state index is 12.6. The molecule has 0 saturated carbocycles. The first-order valence-electron chi connectivity index (χ1n) is 11.6. The van der Waals surface area contributed by atoms with Gasteiger partial charge >= 0.3 is 0 Å². The number of aryl methyl sites for hydroxylation is 2. The molecule has 0 aliphatic carbocycles. The first kappa shape index (κ1) is 25.1. The predicted octanol–water partition coefficient (Wildman–Crippen LogP) is 6.95. The summed E-state index contributed by atoms with van der Waals surface area (Å²) in [7, 11) is 0. The molecule has 0 unspecified atom stereocenters. The van der Waals surface area contributed by atoms with Crippen LogP contribution in [0.25, 0.3) is 20.8 Å². The number of rotatable bonds is 8. The third-order valence-electron chi connectivity index (χ3n) is 5.49. The van der Waals surface area contributed by atoms with Gasteiger partial charge in [-0.05, 0) is 67.9 Å². The van der Waals surface area contributed by atoms with E-state index in [0.717, 1.165) is 37.4 Å². The summed E-state index contributed by atoms with van der Waals surface area (Å²) in [5, 5.41) is 8.63. The standard InChI is InChI=1S/C28H24N4O2S3/c1-17-3-8-20(9-4-17)30-26(34)16-36-28-31-22(15-35-28)14-25(33)29-21-10-6-19(7-11-21)27-32-23-12-5-18(2)13-24(23)37-27/h3-13,15H,14,16H2,1-2H3,(H,29,33)(H,30,34). The van der Waals surface area contributed by atoms with Gasteiger partial charge in [-0.3, -0.25) is 9.59 Å². The van der Waals surface area contributed by atoms with Gasteiger partial charge in [-0.1, -0.05) is 35.5 Å². The predicted molar refractivity (Wildman–Crippen MR) is 155 cm³/mol. The molecule has 2 N–H and O–H groups in total. The number of carbonyl (C=O) groups excluding carboxylic acids is 2. The van der Waals surface area contributed by atoms with Crippen LogP contribution in [0.1, 0.15) is 16.8 Å². The lowest BCUT2D eigenvalue weighted by atomic mass is 10.2. The van der Waals surface area contributed by atoms with E-state index in [-0.39, 0.29) is 24.0 Å². The lowest BCUT2D eigenvalue weighted by Crippen LogP contribution is -2.14. The first-order valence-corrected chi connectivity index (χ1v) is 14.3. The zero-order chi connectivity index (χ0) is 25.8. The highest BCUT2D eigenvalue weighted by molar-refractivity contribution is 8.01. The van der Waals surface area contributed by atoms with Crippen molar-refractivity contribution in [1.82, 2.24) is 9.97 Å². The summed E-state index contributed by atoms with van der Waals surface area (Å²) in [6.07, 6.45) is 0.172. The van der Waals surface area contributed by atoms with E-state index in [2.05, 4.69) is 34.7 Å². The number of benzene rings is 3. The summed E-state index contributed by atoms with van der Waals surface area (Å²) in [6.45, 7) is 4.08. The molecule has 2 aromatic heterocycles. The van der Waals surface area contributed by atoms with Crippen LogP contribution >= 0.6 is 34.4 Å². The highest BCUT2D eigenvalue weighted by Crippen LogP contribution is 2.31. The maximum Gasteiger partial charge on any atom is 0.234 e. The van der Waals surface area contributed by atoms with Crippen molar-refractivity contribution in [2.45, 2.75) is 24.6 Å². The van der Waals surface area contributed by atoms with E-state index in [0.29, 0.717) is 5.69 Å². The van der Waals surface area contributed by atoms with Gasteiger partial charge in [0.1, 0.15) is 5.01 Å². The minimum absolute atomic E-state index is 0.0900. The molecule has 6 nitrogen and oxygen atoms in total. The normalized spacial score (nSPS) is 11.0. The van der Waals surface area contributed by atoms with Gasteiger partial charge in [0.2, 0.25) is 11.8 Å². The summed E-state index contributed by atoms with van der Waals surface area (Å²) >= 11 is 4.46. The number of carbonyl (C=O) groups is 2. The van der Waals surface area contributed by atoms with Gasteiger partial charge in [0.15, 0.2) is 4.34 Å². The number of nitrogens with zero attached hydrogens (tertiary/aromatic N) is 2. The van der Waals surface area contributed by atoms with Crippen molar-refractivity contribution in [3.05, 3.63) is 88.9 Å². The third-order valence-corrected chi connectivity index (χ3v) is 8.63. The molecule has 3 aromatic carbocycles. The van der Waals surface area contributed by atoms with Crippen LogP contribution in [0.4, 0.5) is 11.4 Å². The summed E-state index contributed by atoms with van der Waals surface area (Å²) in [4.78, 5) is 34.0. The van der Waals surface area contributed by atoms with Gasteiger partial charge in [0.05, 0.1) is 28.1 Å². The number of aromatic nitrogens is 2. The Morgan fingerprint density at radius 1 is 0.838 bits per heavy atom. The average molecular weight is 545 g/mol. The smallest absolute Gasteiger partial charge is 0.234 e. The Bertz CT molecular complexity index is 1560. The average Bonchev–Trinajstić information content (AvgIpc) is 3.51. The zero-order valence-electron chi connectivity index (χ0n) is 20.3. The van der Waals surface area contributed by atoms with E-state index < -0.39 is 0 Å². The van der Waals surface area contributed by atoms with Crippen molar-refractivity contribution >= 4 is 67.8 Å². The number of anilines is 2. The topological polar surface area (TPSA) is 84.0 Å². The zero-order valence-corrected chi connectivity index (χ0v) is 22.7. The van der Waals surface area contributed by atoms with E-state index in [1.165, 1.54) is 33.4 Å². The van der Waals surface area contributed by atoms with E-state index in [1.807, 2.05) is 66.9 Å². The molecule has 0 aliphatic heterocycles. The van der Waals surface area contributed by atoms with Gasteiger partial charge in [-0.2, -0.15) is 0 Å². The summed E-state index contributed by atoms with van der Waals surface area (Å²) < 4.78 is 1.93. The second kappa shape index (κ2) is 11.2. The summed E-state index contributed by atoms with van der Waals surface area (Å²) in [6, 6.07) is 21.7. The molecule has 2 amide bonds. The first-order chi connectivity index (χ1) is 17.9. The SMILES string of the molecule is Cc1ccc(NC(=O)CSc2nc(CC(=O)Nc3ccc(-c4nc5ccc(C)cc5s4)cc3)cs2)cc1. The van der Waals surface area contributed by atoms with Crippen LogP contribution in [0, 0.1) is 13.8 Å². The molecule has 0 aliphatic rings. The van der Waals surface area contributed by atoms with Crippen molar-refractivity contribution in [1.29, 1.82) is 0 Å². The molecule has 186 valence electrons. The second-order valence-electron chi connectivity index (χ2n) is 8.60. The van der Waals surface area contributed by atoms with Gasteiger partial charge in [0.25, 0.3) is 0 Å². The molecule has 0 fully saturated rings. The number of thioether (sulfide) groups is 1. The van der Waals surface area contributed by atoms with Crippen LogP contribution in [-0.4, -0.2) is 27.5 Å². The van der Waals surface area contributed by atoms with Crippen LogP contribution in [0.5, 0.6) is 0 Å². The van der Waals surface area contributed by atoms with Gasteiger partial charge in [0, 0.05) is 22.3 Å². The second-order valence-corrected chi connectivity index (χ2v) is 11.7. The van der Waals surface area contributed by atoms with Gasteiger partial charge < -0.3 is 10.6 Å². The summed E-state index contributed by atoms with van der Waals surface area (Å²) in [5.74, 6) is 0.0307. The number of nitrogens with one attached hydrogen (secondary N) is 2. The largest absolute Gasteiger partial charge is 0.326 e. The molecule has 5 rings (SSSR count). The van der Waals surface area contributed by atoms with Crippen LogP contribution in [-0.2, 0) is 16.0 Å². The Kier molecular flexibility index (Phi) is 7.64. The highest BCUT2D eigenvalue weighted by Gasteiger charge is 2.12. The molecule has 0 atom stereocenters. The van der Waals surface area contributed by atoms with Crippen LogP contribution in [0.15, 0.2) is 76.4 Å². The quantitative estimate of drug-likeness (QED) is 0.207. The lowest BCUT2D eigenvalue weighted by molar-refractivity contribution is -0.116. The number of fused-ring (bicyclic) bond motifs is 1. The van der Waals surface area contributed by atoms with Crippen LogP contribution < -0.4 is 10.6 Å². The fourth-order valence-corrected chi connectivity index (χ4v) is 6.33. The van der Waals surface area contributed by atoms with Crippen LogP contribution in [0.3, 0.4) is 0 Å². The third kappa shape index (κ3) is 6.62. The number of amides is 2. The molecule has 0 bridgehead atoms. The molecule has 9 heteroatoms. The number of thiazole rings is 2. The fourth-order valence-electron chi connectivity index (χ4n) is 3.62. The highest BCUT2D eigenvalue weighted by atomic mass is 32.2. The Labute approximate surface area is 227 Å². The van der Waals surface area contributed by atoms with Gasteiger partial charge in [-0.15, -0.1) is 22.7 Å². The molecule has 5 aromatic rings. The molecule has 0 saturated heterocycles. The number of hydrogen-bond acceptors (Lipinski definition) is 7. The Morgan fingerprint density at radius 2 is 1.51 bits per heavy atom. The van der Waals surface area contributed by atoms with E-state index in [1.54, 1.807) is 11.3 Å². The molecule has 0 spiro atoms. The minimum Gasteiger partial charge on any atom is -0.326 e. The van der Waals surface area contributed by atoms with Crippen molar-refractivity contribution < 1.29 is 9.59 Å². The van der Waals surface area contributed by atoms with E-state index in [9.17, 15) is 9.59 Å². The van der Waals surface area contributed by atoms with Crippen molar-refractivity contribution in [3.63, 3.8) is 0 Å². The van der Waals surface area contributed by atoms with Crippen molar-refractivity contribution in [2.75, 3.05) is 16.4 Å². The minimum atomic E-state index is -0.137. The Morgan fingerprint density at radius 3 is 2.27 bits per heavy atom. The van der Waals surface area contributed by atoms with Gasteiger partial charge in [-0.25, -0.2) is 9.97 Å². The molecule has 37 heavy (non-hydrogen) atoms. The van der Waals surface area contributed by atoms with E-state index >= 15 is 0 Å². The maximum atomic E-state index is 12.6. The summed E-state index contributed by atoms with van der Waals surface area (Å²) in [5.41, 5.74) is 6.56. The number of hydrogen-bond donors (Lipinski definition) is 2. The van der Waals surface area contributed by atoms with E-state index in [4.69, 9.17) is 4.98 Å². The molecular weight excluding hydrogens is 521 g/mol. The molecule has 2 heterocycles. The van der Waals surface area contributed by atoms with Crippen LogP contribution in [0.2, 0.25) is 0 Å². The van der Waals surface area contributed by atoms with Crippen molar-refractivity contribution in [2.24, 2.45) is 0 Å². The monoisotopic (exact) mass is 544 g/mol. The fraction of sp³-hybridized carbons (Fsp3) is 0.143. The molecular formula is C28H24N4O2S3. The molecule has 0 radical (unpaired) electrons. The lowest BCUT2D eigenvalue weighted by Gasteiger charge is -2.05. The Balaban J connectivity index is 1.11.